The van der Waals surface area contributed by atoms with Gasteiger partial charge in [0.1, 0.15) is 0 Å². The van der Waals surface area contributed by atoms with Crippen LogP contribution >= 0.6 is 0 Å². The maximum Gasteiger partial charge on any atom is 0.255 e. The molecule has 0 spiro atoms. The van der Waals surface area contributed by atoms with Crippen LogP contribution in [0.15, 0.2) is 53.4 Å². The van der Waals surface area contributed by atoms with Gasteiger partial charge < -0.3 is 5.32 Å². The molecule has 0 saturated heterocycles. The normalized spacial score (nSPS) is 12.8. The molecule has 0 aliphatic heterocycles. The van der Waals surface area contributed by atoms with Gasteiger partial charge in [0.2, 0.25) is 10.0 Å². The number of rotatable bonds is 6. The third-order valence-corrected chi connectivity index (χ3v) is 6.07. The predicted molar refractivity (Wildman–Crippen MR) is 100 cm³/mol. The zero-order valence-corrected chi connectivity index (χ0v) is 15.8. The van der Waals surface area contributed by atoms with E-state index in [9.17, 15) is 13.2 Å². The molecule has 0 aliphatic carbocycles. The summed E-state index contributed by atoms with van der Waals surface area (Å²) >= 11 is 0. The van der Waals surface area contributed by atoms with Gasteiger partial charge in [-0.2, -0.15) is 0 Å². The van der Waals surface area contributed by atoms with Crippen molar-refractivity contribution in [3.63, 3.8) is 0 Å². The Morgan fingerprint density at radius 1 is 1.04 bits per heavy atom. The zero-order valence-electron chi connectivity index (χ0n) is 15.0. The first kappa shape index (κ1) is 19.1. The molecule has 0 aromatic heterocycles. The summed E-state index contributed by atoms with van der Waals surface area (Å²) in [5.41, 5.74) is 2.35. The van der Waals surface area contributed by atoms with Crippen molar-refractivity contribution in [2.24, 2.45) is 0 Å². The van der Waals surface area contributed by atoms with E-state index in [0.717, 1.165) is 10.7 Å². The Morgan fingerprint density at radius 2 is 1.60 bits per heavy atom. The van der Waals surface area contributed by atoms with E-state index in [1.54, 1.807) is 0 Å². The molecule has 1 atom stereocenters. The number of amides is 1. The minimum atomic E-state index is -3.49. The minimum Gasteiger partial charge on any atom is -0.322 e. The van der Waals surface area contributed by atoms with E-state index in [4.69, 9.17) is 0 Å². The van der Waals surface area contributed by atoms with E-state index in [1.807, 2.05) is 24.3 Å². The second-order valence-electron chi connectivity index (χ2n) is 6.20. The number of anilines is 1. The fourth-order valence-electron chi connectivity index (χ4n) is 2.32. The van der Waals surface area contributed by atoms with Gasteiger partial charge in [-0.25, -0.2) is 12.7 Å². The molecule has 6 heteroatoms. The third-order valence-electron chi connectivity index (χ3n) is 4.25. The number of nitrogens with one attached hydrogen (secondary N) is 1. The van der Waals surface area contributed by atoms with Crippen LogP contribution in [0.5, 0.6) is 0 Å². The van der Waals surface area contributed by atoms with Crippen LogP contribution in [0.2, 0.25) is 0 Å². The summed E-state index contributed by atoms with van der Waals surface area (Å²) in [5, 5.41) is 2.82. The standard InChI is InChI=1S/C19H24N2O3S/c1-5-14(2)15-6-10-17(11-7-15)20-19(22)16-8-12-18(13-9-16)25(23,24)21(3)4/h6-14H,5H2,1-4H3,(H,20,22)/t14-/m1/s1. The average Bonchev–Trinajstić information content (AvgIpc) is 2.61. The van der Waals surface area contributed by atoms with E-state index in [1.165, 1.54) is 43.9 Å². The molecule has 2 aromatic carbocycles. The summed E-state index contributed by atoms with van der Waals surface area (Å²) in [6.45, 7) is 4.30. The molecule has 2 rings (SSSR count). The number of carbonyl (C=O) groups is 1. The van der Waals surface area contributed by atoms with E-state index < -0.39 is 10.0 Å². The van der Waals surface area contributed by atoms with E-state index in [2.05, 4.69) is 19.2 Å². The van der Waals surface area contributed by atoms with Gasteiger partial charge in [0.25, 0.3) is 5.91 Å². The lowest BCUT2D eigenvalue weighted by Gasteiger charge is -2.12. The predicted octanol–water partition coefficient (Wildman–Crippen LogP) is 3.70. The Balaban J connectivity index is 2.11. The lowest BCUT2D eigenvalue weighted by atomic mass is 9.98. The van der Waals surface area contributed by atoms with Gasteiger partial charge in [-0.1, -0.05) is 26.0 Å². The van der Waals surface area contributed by atoms with Gasteiger partial charge >= 0.3 is 0 Å². The van der Waals surface area contributed by atoms with Gasteiger partial charge in [-0.05, 0) is 54.3 Å². The Morgan fingerprint density at radius 3 is 2.08 bits per heavy atom. The minimum absolute atomic E-state index is 0.159. The molecule has 0 saturated carbocycles. The van der Waals surface area contributed by atoms with E-state index >= 15 is 0 Å². The highest BCUT2D eigenvalue weighted by molar-refractivity contribution is 7.89. The molecule has 0 unspecified atom stereocenters. The molecule has 134 valence electrons. The highest BCUT2D eigenvalue weighted by Crippen LogP contribution is 2.21. The lowest BCUT2D eigenvalue weighted by Crippen LogP contribution is -2.22. The fourth-order valence-corrected chi connectivity index (χ4v) is 3.22. The maximum absolute atomic E-state index is 12.3. The molecular formula is C19H24N2O3S. The SMILES string of the molecule is CC[C@@H](C)c1ccc(NC(=O)c2ccc(S(=O)(=O)N(C)C)cc2)cc1. The molecule has 1 amide bonds. The van der Waals surface area contributed by atoms with Crippen LogP contribution in [0.1, 0.15) is 42.1 Å². The number of hydrogen-bond donors (Lipinski definition) is 1. The second-order valence-corrected chi connectivity index (χ2v) is 8.35. The average molecular weight is 360 g/mol. The van der Waals surface area contributed by atoms with Gasteiger partial charge in [0, 0.05) is 25.3 Å². The fraction of sp³-hybridized carbons (Fsp3) is 0.316. The van der Waals surface area contributed by atoms with Crippen molar-refractivity contribution < 1.29 is 13.2 Å². The molecule has 0 bridgehead atoms. The van der Waals surface area contributed by atoms with Crippen LogP contribution in [0.25, 0.3) is 0 Å². The molecule has 0 fully saturated rings. The zero-order chi connectivity index (χ0) is 18.6. The molecule has 0 radical (unpaired) electrons. The summed E-state index contributed by atoms with van der Waals surface area (Å²) in [6, 6.07) is 13.7. The van der Waals surface area contributed by atoms with E-state index in [-0.39, 0.29) is 10.8 Å². The first-order valence-electron chi connectivity index (χ1n) is 8.19. The molecule has 0 heterocycles. The Kier molecular flexibility index (Phi) is 5.98. The summed E-state index contributed by atoms with van der Waals surface area (Å²) < 4.78 is 25.2. The molecule has 25 heavy (non-hydrogen) atoms. The molecule has 5 nitrogen and oxygen atoms in total. The number of sulfonamides is 1. The van der Waals surface area contributed by atoms with Crippen molar-refractivity contribution in [1.82, 2.24) is 4.31 Å². The highest BCUT2D eigenvalue weighted by atomic mass is 32.2. The van der Waals surface area contributed by atoms with Crippen LogP contribution < -0.4 is 5.32 Å². The molecule has 1 N–H and O–H groups in total. The van der Waals surface area contributed by atoms with Gasteiger partial charge in [0.15, 0.2) is 0 Å². The maximum atomic E-state index is 12.3. The summed E-state index contributed by atoms with van der Waals surface area (Å²) in [5.74, 6) is 0.209. The number of benzene rings is 2. The number of hydrogen-bond acceptors (Lipinski definition) is 3. The van der Waals surface area contributed by atoms with Crippen molar-refractivity contribution in [3.8, 4) is 0 Å². The summed E-state index contributed by atoms with van der Waals surface area (Å²) in [7, 11) is -0.550. The summed E-state index contributed by atoms with van der Waals surface area (Å²) in [6.07, 6.45) is 1.06. The third kappa shape index (κ3) is 4.46. The first-order valence-corrected chi connectivity index (χ1v) is 9.63. The molecular weight excluding hydrogens is 336 g/mol. The summed E-state index contributed by atoms with van der Waals surface area (Å²) in [4.78, 5) is 12.5. The molecule has 0 aliphatic rings. The van der Waals surface area contributed by atoms with Gasteiger partial charge in [-0.15, -0.1) is 0 Å². The van der Waals surface area contributed by atoms with Crippen molar-refractivity contribution in [2.75, 3.05) is 19.4 Å². The van der Waals surface area contributed by atoms with Gasteiger partial charge in [-0.3, -0.25) is 4.79 Å². The van der Waals surface area contributed by atoms with Crippen molar-refractivity contribution in [3.05, 3.63) is 59.7 Å². The quantitative estimate of drug-likeness (QED) is 0.854. The molecule has 2 aromatic rings. The second kappa shape index (κ2) is 7.80. The van der Waals surface area contributed by atoms with Crippen LogP contribution in [-0.2, 0) is 10.0 Å². The van der Waals surface area contributed by atoms with Crippen LogP contribution in [0.3, 0.4) is 0 Å². The first-order chi connectivity index (χ1) is 11.8. The van der Waals surface area contributed by atoms with Crippen LogP contribution in [-0.4, -0.2) is 32.7 Å². The van der Waals surface area contributed by atoms with Crippen molar-refractivity contribution in [2.45, 2.75) is 31.1 Å². The van der Waals surface area contributed by atoms with Crippen molar-refractivity contribution in [1.29, 1.82) is 0 Å². The van der Waals surface area contributed by atoms with E-state index in [0.29, 0.717) is 17.2 Å². The van der Waals surface area contributed by atoms with Gasteiger partial charge in [0.05, 0.1) is 4.90 Å². The van der Waals surface area contributed by atoms with Crippen LogP contribution in [0.4, 0.5) is 5.69 Å². The van der Waals surface area contributed by atoms with Crippen LogP contribution in [0, 0.1) is 0 Å². The topological polar surface area (TPSA) is 66.5 Å². The monoisotopic (exact) mass is 360 g/mol. The largest absolute Gasteiger partial charge is 0.322 e. The Labute approximate surface area is 149 Å². The van der Waals surface area contributed by atoms with Crippen molar-refractivity contribution >= 4 is 21.6 Å². The highest BCUT2D eigenvalue weighted by Gasteiger charge is 2.17. The number of nitrogens with zero attached hydrogens (tertiary/aromatic N) is 1. The Hall–Kier alpha value is -2.18. The Bertz CT molecular complexity index is 826. The number of carbonyl (C=O) groups excluding carboxylic acids is 1. The smallest absolute Gasteiger partial charge is 0.255 e. The lowest BCUT2D eigenvalue weighted by molar-refractivity contribution is 0.102.